The summed E-state index contributed by atoms with van der Waals surface area (Å²) in [6.07, 6.45) is 5.28. The molecule has 1 heterocycles. The van der Waals surface area contributed by atoms with Gasteiger partial charge in [0.05, 0.1) is 36.9 Å². The van der Waals surface area contributed by atoms with Crippen molar-refractivity contribution in [1.82, 2.24) is 0 Å². The highest BCUT2D eigenvalue weighted by Gasteiger charge is 2.38. The summed E-state index contributed by atoms with van der Waals surface area (Å²) in [5, 5.41) is 3.68. The van der Waals surface area contributed by atoms with Crippen molar-refractivity contribution in [2.75, 3.05) is 30.4 Å². The normalized spacial score (nSPS) is 19.9. The lowest BCUT2D eigenvalue weighted by molar-refractivity contribution is 0.287. The molecule has 3 atom stereocenters. The highest BCUT2D eigenvalue weighted by atomic mass is 32.2. The second kappa shape index (κ2) is 10.4. The molecule has 1 aliphatic carbocycles. The van der Waals surface area contributed by atoms with E-state index in [1.54, 1.807) is 43.5 Å². The number of nitrogens with one attached hydrogen (secondary N) is 2. The molecule has 5 rings (SSSR count). The molecule has 2 N–H and O–H groups in total. The van der Waals surface area contributed by atoms with Gasteiger partial charge in [-0.15, -0.1) is 0 Å². The first-order valence-electron chi connectivity index (χ1n) is 12.6. The van der Waals surface area contributed by atoms with Gasteiger partial charge in [0.1, 0.15) is 5.75 Å². The Morgan fingerprint density at radius 1 is 0.973 bits per heavy atom. The van der Waals surface area contributed by atoms with E-state index in [9.17, 15) is 8.42 Å². The lowest BCUT2D eigenvalue weighted by atomic mass is 9.77. The maximum absolute atomic E-state index is 13.2. The Morgan fingerprint density at radius 2 is 1.78 bits per heavy atom. The minimum atomic E-state index is -3.78. The molecule has 1 aliphatic heterocycles. The van der Waals surface area contributed by atoms with E-state index in [-0.39, 0.29) is 22.8 Å². The number of anilines is 2. The molecule has 0 saturated carbocycles. The van der Waals surface area contributed by atoms with Crippen LogP contribution in [0.15, 0.2) is 77.7 Å². The minimum Gasteiger partial charge on any atom is -0.497 e. The molecule has 7 nitrogen and oxygen atoms in total. The van der Waals surface area contributed by atoms with E-state index in [1.165, 1.54) is 0 Å². The SMILES string of the molecule is CCOc1ccc([C@H]2Nc3ccc(S(=O)(=O)Nc4cccc(OC)c4)cc3[C@H]3C=CC[C@H]32)cc1OCC. The van der Waals surface area contributed by atoms with Crippen LogP contribution in [0.4, 0.5) is 11.4 Å². The Hall–Kier alpha value is -3.65. The van der Waals surface area contributed by atoms with Crippen molar-refractivity contribution in [2.24, 2.45) is 5.92 Å². The third-order valence-electron chi connectivity index (χ3n) is 6.89. The van der Waals surface area contributed by atoms with E-state index in [0.717, 1.165) is 34.7 Å². The van der Waals surface area contributed by atoms with Gasteiger partial charge >= 0.3 is 0 Å². The van der Waals surface area contributed by atoms with Crippen LogP contribution in [0.1, 0.15) is 43.4 Å². The monoisotopic (exact) mass is 520 g/mol. The molecule has 3 aromatic rings. The number of allylic oxidation sites excluding steroid dienone is 2. The number of rotatable bonds is 9. The van der Waals surface area contributed by atoms with E-state index >= 15 is 0 Å². The third kappa shape index (κ3) is 4.98. The van der Waals surface area contributed by atoms with Gasteiger partial charge in [-0.25, -0.2) is 8.42 Å². The minimum absolute atomic E-state index is 0.0553. The van der Waals surface area contributed by atoms with Gasteiger partial charge < -0.3 is 19.5 Å². The lowest BCUT2D eigenvalue weighted by Gasteiger charge is -2.38. The van der Waals surface area contributed by atoms with Crippen molar-refractivity contribution in [3.05, 3.63) is 83.9 Å². The van der Waals surface area contributed by atoms with E-state index in [4.69, 9.17) is 14.2 Å². The Balaban J connectivity index is 1.45. The van der Waals surface area contributed by atoms with E-state index < -0.39 is 10.0 Å². The molecule has 2 aliphatic rings. The molecule has 0 amide bonds. The Morgan fingerprint density at radius 3 is 2.57 bits per heavy atom. The van der Waals surface area contributed by atoms with Crippen LogP contribution in [0.25, 0.3) is 0 Å². The molecule has 0 unspecified atom stereocenters. The molecule has 0 fully saturated rings. The van der Waals surface area contributed by atoms with Gasteiger partial charge in [0.15, 0.2) is 11.5 Å². The standard InChI is InChI=1S/C29H32N2O5S/c1-4-35-27-15-12-19(16-28(27)36-5-2)29-24-11-7-10-23(24)25-18-22(13-14-26(25)30-29)37(32,33)31-20-8-6-9-21(17-20)34-3/h6-10,12-18,23-24,29-31H,4-5,11H2,1-3H3/t23-,24+,29+/m0/s1. The second-order valence-corrected chi connectivity index (χ2v) is 10.8. The van der Waals surface area contributed by atoms with Crippen LogP contribution in [-0.2, 0) is 10.0 Å². The Labute approximate surface area is 218 Å². The first kappa shape index (κ1) is 25.0. The molecular formula is C29H32N2O5S. The molecule has 3 aromatic carbocycles. The van der Waals surface area contributed by atoms with Crippen LogP contribution >= 0.6 is 0 Å². The van der Waals surface area contributed by atoms with Gasteiger partial charge in [-0.2, -0.15) is 0 Å². The maximum Gasteiger partial charge on any atom is 0.261 e. The molecule has 0 spiro atoms. The smallest absolute Gasteiger partial charge is 0.261 e. The topological polar surface area (TPSA) is 85.9 Å². The average Bonchev–Trinajstić information content (AvgIpc) is 3.39. The van der Waals surface area contributed by atoms with Gasteiger partial charge in [-0.1, -0.05) is 24.3 Å². The predicted octanol–water partition coefficient (Wildman–Crippen LogP) is 6.12. The number of hydrogen-bond donors (Lipinski definition) is 2. The summed E-state index contributed by atoms with van der Waals surface area (Å²) < 4.78 is 46.0. The molecule has 37 heavy (non-hydrogen) atoms. The van der Waals surface area contributed by atoms with Crippen molar-refractivity contribution in [1.29, 1.82) is 0 Å². The summed E-state index contributed by atoms with van der Waals surface area (Å²) >= 11 is 0. The average molecular weight is 521 g/mol. The van der Waals surface area contributed by atoms with Crippen molar-refractivity contribution >= 4 is 21.4 Å². The fraction of sp³-hybridized carbons (Fsp3) is 0.310. The number of sulfonamides is 1. The summed E-state index contributed by atoms with van der Waals surface area (Å²) in [6, 6.07) is 18.4. The van der Waals surface area contributed by atoms with Crippen LogP contribution in [0.3, 0.4) is 0 Å². The highest BCUT2D eigenvalue weighted by molar-refractivity contribution is 7.92. The van der Waals surface area contributed by atoms with Gasteiger partial charge in [0.25, 0.3) is 10.0 Å². The Bertz CT molecular complexity index is 1420. The third-order valence-corrected chi connectivity index (χ3v) is 8.27. The summed E-state index contributed by atoms with van der Waals surface area (Å²) in [7, 11) is -2.23. The van der Waals surface area contributed by atoms with Gasteiger partial charge in [0, 0.05) is 17.7 Å². The van der Waals surface area contributed by atoms with E-state index in [2.05, 4.69) is 34.3 Å². The van der Waals surface area contributed by atoms with Crippen LogP contribution in [0.2, 0.25) is 0 Å². The largest absolute Gasteiger partial charge is 0.497 e. The molecule has 194 valence electrons. The number of benzene rings is 3. The van der Waals surface area contributed by atoms with Crippen molar-refractivity contribution in [3.8, 4) is 17.2 Å². The zero-order valence-corrected chi connectivity index (χ0v) is 22.0. The van der Waals surface area contributed by atoms with Crippen LogP contribution in [0, 0.1) is 5.92 Å². The summed E-state index contributed by atoms with van der Waals surface area (Å²) in [5.41, 5.74) is 3.49. The molecule has 0 saturated heterocycles. The molecular weight excluding hydrogens is 488 g/mol. The predicted molar refractivity (Wildman–Crippen MR) is 145 cm³/mol. The first-order valence-corrected chi connectivity index (χ1v) is 14.1. The summed E-state index contributed by atoms with van der Waals surface area (Å²) in [5.74, 6) is 2.42. The van der Waals surface area contributed by atoms with E-state index in [1.807, 2.05) is 26.0 Å². The second-order valence-electron chi connectivity index (χ2n) is 9.13. The highest BCUT2D eigenvalue weighted by Crippen LogP contribution is 2.51. The summed E-state index contributed by atoms with van der Waals surface area (Å²) in [4.78, 5) is 0.230. The van der Waals surface area contributed by atoms with Crippen molar-refractivity contribution in [2.45, 2.75) is 37.1 Å². The first-order chi connectivity index (χ1) is 17.9. The molecule has 0 bridgehead atoms. The molecule has 8 heteroatoms. The van der Waals surface area contributed by atoms with Gasteiger partial charge in [-0.3, -0.25) is 4.72 Å². The zero-order valence-electron chi connectivity index (χ0n) is 21.2. The lowest BCUT2D eigenvalue weighted by Crippen LogP contribution is -2.29. The maximum atomic E-state index is 13.2. The number of hydrogen-bond acceptors (Lipinski definition) is 6. The molecule has 0 radical (unpaired) electrons. The van der Waals surface area contributed by atoms with Crippen LogP contribution in [0.5, 0.6) is 17.2 Å². The number of fused-ring (bicyclic) bond motifs is 3. The van der Waals surface area contributed by atoms with E-state index in [0.29, 0.717) is 24.7 Å². The van der Waals surface area contributed by atoms with Crippen molar-refractivity contribution in [3.63, 3.8) is 0 Å². The number of methoxy groups -OCH3 is 1. The number of ether oxygens (including phenoxy) is 3. The zero-order chi connectivity index (χ0) is 26.0. The van der Waals surface area contributed by atoms with Crippen LogP contribution in [-0.4, -0.2) is 28.7 Å². The summed E-state index contributed by atoms with van der Waals surface area (Å²) in [6.45, 7) is 5.04. The molecule has 0 aromatic heterocycles. The fourth-order valence-corrected chi connectivity index (χ4v) is 6.32. The van der Waals surface area contributed by atoms with Gasteiger partial charge in [-0.05, 0) is 79.8 Å². The quantitative estimate of drug-likeness (QED) is 0.331. The fourth-order valence-electron chi connectivity index (χ4n) is 5.23. The van der Waals surface area contributed by atoms with Crippen LogP contribution < -0.4 is 24.2 Å². The van der Waals surface area contributed by atoms with Crippen molar-refractivity contribution < 1.29 is 22.6 Å². The Kier molecular flexibility index (Phi) is 7.02. The van der Waals surface area contributed by atoms with Gasteiger partial charge in [0.2, 0.25) is 0 Å².